The molecule has 6 heteroatoms. The van der Waals surface area contributed by atoms with Crippen molar-refractivity contribution in [3.05, 3.63) is 23.8 Å². The highest BCUT2D eigenvalue weighted by Gasteiger charge is 2.06. The zero-order chi connectivity index (χ0) is 13.4. The molecular weight excluding hydrogens is 234 g/mol. The number of nitrogens with two attached hydrogens (primary N) is 2. The van der Waals surface area contributed by atoms with Gasteiger partial charge in [-0.05, 0) is 24.6 Å². The van der Waals surface area contributed by atoms with Crippen LogP contribution in [-0.2, 0) is 4.74 Å². The summed E-state index contributed by atoms with van der Waals surface area (Å²) in [6.45, 7) is 1.33. The zero-order valence-electron chi connectivity index (χ0n) is 10.2. The minimum absolute atomic E-state index is 0.00886. The van der Waals surface area contributed by atoms with Crippen LogP contribution in [0.5, 0.6) is 0 Å². The number of ether oxygens (including phenoxy) is 1. The van der Waals surface area contributed by atoms with E-state index in [2.05, 4.69) is 5.32 Å². The molecule has 1 rings (SSSR count). The van der Waals surface area contributed by atoms with Gasteiger partial charge < -0.3 is 26.6 Å². The van der Waals surface area contributed by atoms with E-state index in [-0.39, 0.29) is 12.5 Å². The molecule has 6 nitrogen and oxygen atoms in total. The molecule has 0 aliphatic rings. The summed E-state index contributed by atoms with van der Waals surface area (Å²) in [7, 11) is 0. The van der Waals surface area contributed by atoms with E-state index >= 15 is 0 Å². The van der Waals surface area contributed by atoms with Crippen LogP contribution in [0.15, 0.2) is 18.2 Å². The number of nitrogen functional groups attached to an aromatic ring is 2. The third kappa shape index (κ3) is 5.03. The van der Waals surface area contributed by atoms with Crippen molar-refractivity contribution in [2.45, 2.75) is 6.42 Å². The van der Waals surface area contributed by atoms with Crippen molar-refractivity contribution in [2.24, 2.45) is 0 Å². The van der Waals surface area contributed by atoms with Gasteiger partial charge in [-0.2, -0.15) is 0 Å². The smallest absolute Gasteiger partial charge is 0.251 e. The molecule has 0 aliphatic carbocycles. The van der Waals surface area contributed by atoms with Crippen LogP contribution in [0.25, 0.3) is 0 Å². The summed E-state index contributed by atoms with van der Waals surface area (Å²) in [6.07, 6.45) is 0.684. The molecule has 0 aromatic heterocycles. The van der Waals surface area contributed by atoms with Gasteiger partial charge in [0.15, 0.2) is 0 Å². The molecule has 0 atom stereocenters. The van der Waals surface area contributed by atoms with Gasteiger partial charge in [0.05, 0.1) is 13.2 Å². The van der Waals surface area contributed by atoms with E-state index < -0.39 is 0 Å². The second kappa shape index (κ2) is 7.52. The predicted octanol–water partition coefficient (Wildman–Crippen LogP) is -0.0202. The molecule has 1 aromatic rings. The standard InChI is InChI=1S/C12H19N3O3/c13-10-6-9(7-11(14)8-10)12(17)15-2-1-4-18-5-3-16/h6-8,16H,1-5,13-14H2,(H,15,17). The number of carbonyl (C=O) groups is 1. The fraction of sp³-hybridized carbons (Fsp3) is 0.417. The Morgan fingerprint density at radius 3 is 2.50 bits per heavy atom. The molecule has 18 heavy (non-hydrogen) atoms. The maximum atomic E-state index is 11.7. The molecule has 0 aliphatic heterocycles. The topological polar surface area (TPSA) is 111 Å². The third-order valence-electron chi connectivity index (χ3n) is 2.23. The predicted molar refractivity (Wildman–Crippen MR) is 70.1 cm³/mol. The monoisotopic (exact) mass is 253 g/mol. The van der Waals surface area contributed by atoms with Crippen LogP contribution in [0.1, 0.15) is 16.8 Å². The summed E-state index contributed by atoms with van der Waals surface area (Å²) in [5, 5.41) is 11.2. The van der Waals surface area contributed by atoms with Crippen LogP contribution >= 0.6 is 0 Å². The highest BCUT2D eigenvalue weighted by Crippen LogP contribution is 2.13. The molecule has 0 heterocycles. The molecule has 0 unspecified atom stereocenters. The quantitative estimate of drug-likeness (QED) is 0.403. The molecule has 100 valence electrons. The van der Waals surface area contributed by atoms with Gasteiger partial charge in [0.25, 0.3) is 5.91 Å². The number of hydrogen-bond donors (Lipinski definition) is 4. The Balaban J connectivity index is 2.32. The maximum Gasteiger partial charge on any atom is 0.251 e. The van der Waals surface area contributed by atoms with Crippen molar-refractivity contribution < 1.29 is 14.6 Å². The van der Waals surface area contributed by atoms with Crippen LogP contribution in [0.4, 0.5) is 11.4 Å². The number of amides is 1. The molecular formula is C12H19N3O3. The average molecular weight is 253 g/mol. The average Bonchev–Trinajstić information content (AvgIpc) is 2.32. The number of anilines is 2. The Kier molecular flexibility index (Phi) is 5.96. The number of benzene rings is 1. The molecule has 0 saturated heterocycles. The van der Waals surface area contributed by atoms with E-state index in [1.54, 1.807) is 18.2 Å². The van der Waals surface area contributed by atoms with Gasteiger partial charge in [0.1, 0.15) is 0 Å². The fourth-order valence-electron chi connectivity index (χ4n) is 1.45. The normalized spacial score (nSPS) is 10.3. The van der Waals surface area contributed by atoms with E-state index in [1.165, 1.54) is 0 Å². The summed E-state index contributed by atoms with van der Waals surface area (Å²) in [4.78, 5) is 11.7. The third-order valence-corrected chi connectivity index (χ3v) is 2.23. The van der Waals surface area contributed by atoms with Crippen molar-refractivity contribution >= 4 is 17.3 Å². The van der Waals surface area contributed by atoms with Crippen LogP contribution in [0, 0.1) is 0 Å². The van der Waals surface area contributed by atoms with E-state index in [0.717, 1.165) is 0 Å². The first-order valence-electron chi connectivity index (χ1n) is 5.76. The SMILES string of the molecule is Nc1cc(N)cc(C(=O)NCCCOCCO)c1. The lowest BCUT2D eigenvalue weighted by atomic mass is 10.1. The van der Waals surface area contributed by atoms with E-state index in [1.807, 2.05) is 0 Å². The van der Waals surface area contributed by atoms with E-state index in [9.17, 15) is 4.79 Å². The first-order valence-corrected chi connectivity index (χ1v) is 5.76. The highest BCUT2D eigenvalue weighted by molar-refractivity contribution is 5.96. The van der Waals surface area contributed by atoms with Gasteiger partial charge in [-0.1, -0.05) is 0 Å². The molecule has 0 bridgehead atoms. The number of aliphatic hydroxyl groups excluding tert-OH is 1. The summed E-state index contributed by atoms with van der Waals surface area (Å²) >= 11 is 0. The minimum Gasteiger partial charge on any atom is -0.399 e. The van der Waals surface area contributed by atoms with Crippen LogP contribution < -0.4 is 16.8 Å². The molecule has 1 aromatic carbocycles. The summed E-state index contributed by atoms with van der Waals surface area (Å²) < 4.78 is 5.07. The molecule has 0 radical (unpaired) electrons. The number of rotatable bonds is 7. The first kappa shape index (κ1) is 14.3. The number of nitrogens with one attached hydrogen (secondary N) is 1. The van der Waals surface area contributed by atoms with Crippen LogP contribution in [0.2, 0.25) is 0 Å². The highest BCUT2D eigenvalue weighted by atomic mass is 16.5. The Labute approximate surface area is 106 Å². The van der Waals surface area contributed by atoms with Crippen LogP contribution in [0.3, 0.4) is 0 Å². The van der Waals surface area contributed by atoms with E-state index in [0.29, 0.717) is 43.1 Å². The Morgan fingerprint density at radius 2 is 1.89 bits per heavy atom. The van der Waals surface area contributed by atoms with Gasteiger partial charge in [-0.15, -0.1) is 0 Å². The minimum atomic E-state index is -0.212. The number of aliphatic hydroxyl groups is 1. The van der Waals surface area contributed by atoms with Gasteiger partial charge in [0.2, 0.25) is 0 Å². The summed E-state index contributed by atoms with van der Waals surface area (Å²) in [5.74, 6) is -0.212. The second-order valence-corrected chi connectivity index (χ2v) is 3.83. The van der Waals surface area contributed by atoms with E-state index in [4.69, 9.17) is 21.3 Å². The lowest BCUT2D eigenvalue weighted by Gasteiger charge is -2.07. The lowest BCUT2D eigenvalue weighted by molar-refractivity contribution is 0.0867. The summed E-state index contributed by atoms with van der Waals surface area (Å²) in [5.41, 5.74) is 12.6. The van der Waals surface area contributed by atoms with Crippen molar-refractivity contribution in [2.75, 3.05) is 37.8 Å². The van der Waals surface area contributed by atoms with Crippen molar-refractivity contribution in [3.8, 4) is 0 Å². The number of hydrogen-bond acceptors (Lipinski definition) is 5. The lowest BCUT2D eigenvalue weighted by Crippen LogP contribution is -2.25. The van der Waals surface area contributed by atoms with Gasteiger partial charge in [-0.3, -0.25) is 4.79 Å². The molecule has 0 saturated carbocycles. The molecule has 0 fully saturated rings. The van der Waals surface area contributed by atoms with Crippen molar-refractivity contribution in [1.29, 1.82) is 0 Å². The van der Waals surface area contributed by atoms with Gasteiger partial charge >= 0.3 is 0 Å². The van der Waals surface area contributed by atoms with Gasteiger partial charge in [-0.25, -0.2) is 0 Å². The number of carbonyl (C=O) groups excluding carboxylic acids is 1. The Morgan fingerprint density at radius 1 is 1.22 bits per heavy atom. The first-order chi connectivity index (χ1) is 8.63. The van der Waals surface area contributed by atoms with Crippen LogP contribution in [-0.4, -0.2) is 37.4 Å². The largest absolute Gasteiger partial charge is 0.399 e. The maximum absolute atomic E-state index is 11.7. The molecule has 0 spiro atoms. The van der Waals surface area contributed by atoms with Crippen molar-refractivity contribution in [1.82, 2.24) is 5.32 Å². The zero-order valence-corrected chi connectivity index (χ0v) is 10.2. The second-order valence-electron chi connectivity index (χ2n) is 3.83. The fourth-order valence-corrected chi connectivity index (χ4v) is 1.45. The summed E-state index contributed by atoms with van der Waals surface area (Å²) in [6, 6.07) is 4.75. The van der Waals surface area contributed by atoms with Gasteiger partial charge in [0, 0.05) is 30.1 Å². The Hall–Kier alpha value is -1.79. The Bertz CT molecular complexity index is 376. The molecule has 6 N–H and O–H groups in total. The van der Waals surface area contributed by atoms with Crippen molar-refractivity contribution in [3.63, 3.8) is 0 Å². The molecule has 1 amide bonds.